The van der Waals surface area contributed by atoms with Crippen LogP contribution < -0.4 is 0 Å². The molecule has 1 heterocycles. The topological polar surface area (TPSA) is 49.9 Å². The summed E-state index contributed by atoms with van der Waals surface area (Å²) >= 11 is 1.60. The molecular weight excluding hydrogens is 439 g/mol. The third-order valence-corrected chi connectivity index (χ3v) is 6.36. The summed E-state index contributed by atoms with van der Waals surface area (Å²) in [6, 6.07) is 17.1. The van der Waals surface area contributed by atoms with E-state index in [-0.39, 0.29) is 24.2 Å². The molecule has 3 rings (SSSR count). The van der Waals surface area contributed by atoms with Gasteiger partial charge in [0.05, 0.1) is 6.54 Å². The number of hydrogen-bond acceptors (Lipinski definition) is 4. The summed E-state index contributed by atoms with van der Waals surface area (Å²) in [5.41, 5.74) is 2.50. The number of aryl methyl sites for hydroxylation is 1. The average Bonchev–Trinajstić information content (AvgIpc) is 3.23. The second-order valence-electron chi connectivity index (χ2n) is 7.84. The SMILES string of the molecule is COCCCN(CC(=O)N(Cc1ccc(F)cc1)Cc1sccc1C)C(=O)c1ccccc1. The van der Waals surface area contributed by atoms with Gasteiger partial charge in [0.25, 0.3) is 5.91 Å². The number of thiophene rings is 1. The molecule has 0 unspecified atom stereocenters. The molecule has 3 aromatic rings. The number of carbonyl (C=O) groups is 2. The summed E-state index contributed by atoms with van der Waals surface area (Å²) in [4.78, 5) is 31.0. The van der Waals surface area contributed by atoms with E-state index < -0.39 is 0 Å². The van der Waals surface area contributed by atoms with Crippen LogP contribution in [0.15, 0.2) is 66.0 Å². The molecule has 0 bridgehead atoms. The number of rotatable bonds is 11. The number of carbonyl (C=O) groups excluding carboxylic acids is 2. The Kier molecular flexibility index (Phi) is 9.15. The quantitative estimate of drug-likeness (QED) is 0.376. The number of nitrogens with zero attached hydrogens (tertiary/aromatic N) is 2. The van der Waals surface area contributed by atoms with Crippen molar-refractivity contribution in [3.05, 3.63) is 93.4 Å². The van der Waals surface area contributed by atoms with Gasteiger partial charge in [-0.1, -0.05) is 30.3 Å². The zero-order valence-corrected chi connectivity index (χ0v) is 19.8. The number of halogens is 1. The highest BCUT2D eigenvalue weighted by atomic mass is 32.1. The van der Waals surface area contributed by atoms with Crippen LogP contribution in [0.25, 0.3) is 0 Å². The molecule has 2 amide bonds. The first-order valence-corrected chi connectivity index (χ1v) is 11.7. The monoisotopic (exact) mass is 468 g/mol. The zero-order valence-electron chi connectivity index (χ0n) is 19.0. The Hall–Kier alpha value is -3.03. The van der Waals surface area contributed by atoms with Crippen LogP contribution in [0.4, 0.5) is 4.39 Å². The maximum atomic E-state index is 13.5. The fourth-order valence-corrected chi connectivity index (χ4v) is 4.38. The van der Waals surface area contributed by atoms with E-state index in [0.717, 1.165) is 16.0 Å². The van der Waals surface area contributed by atoms with Gasteiger partial charge in [0.1, 0.15) is 12.4 Å². The summed E-state index contributed by atoms with van der Waals surface area (Å²) in [5.74, 6) is -0.661. The van der Waals surface area contributed by atoms with Crippen molar-refractivity contribution in [2.45, 2.75) is 26.4 Å². The van der Waals surface area contributed by atoms with Crippen LogP contribution in [0.2, 0.25) is 0 Å². The molecule has 33 heavy (non-hydrogen) atoms. The normalized spacial score (nSPS) is 10.8. The minimum absolute atomic E-state index is 0.0386. The van der Waals surface area contributed by atoms with Gasteiger partial charge < -0.3 is 14.5 Å². The third kappa shape index (κ3) is 7.23. The molecule has 174 valence electrons. The predicted molar refractivity (Wildman–Crippen MR) is 129 cm³/mol. The van der Waals surface area contributed by atoms with Gasteiger partial charge in [-0.3, -0.25) is 9.59 Å². The van der Waals surface area contributed by atoms with Gasteiger partial charge in [0, 0.05) is 37.2 Å². The fourth-order valence-electron chi connectivity index (χ4n) is 3.46. The van der Waals surface area contributed by atoms with Gasteiger partial charge in [0.15, 0.2) is 0 Å². The highest BCUT2D eigenvalue weighted by Crippen LogP contribution is 2.20. The van der Waals surface area contributed by atoms with E-state index in [1.165, 1.54) is 12.1 Å². The van der Waals surface area contributed by atoms with Crippen LogP contribution in [0.5, 0.6) is 0 Å². The Labute approximate surface area is 198 Å². The maximum absolute atomic E-state index is 13.5. The second-order valence-corrected chi connectivity index (χ2v) is 8.84. The summed E-state index contributed by atoms with van der Waals surface area (Å²) in [7, 11) is 1.61. The standard InChI is InChI=1S/C26H29FN2O3S/c1-20-13-16-33-24(20)18-29(17-21-9-11-23(27)12-10-21)25(30)19-28(14-6-15-32-2)26(31)22-7-4-3-5-8-22/h3-5,7-13,16H,6,14-15,17-19H2,1-2H3. The van der Waals surface area contributed by atoms with Gasteiger partial charge in [0.2, 0.25) is 5.91 Å². The first-order valence-electron chi connectivity index (χ1n) is 10.9. The fraction of sp³-hybridized carbons (Fsp3) is 0.308. The molecule has 1 aromatic heterocycles. The van der Waals surface area contributed by atoms with Crippen molar-refractivity contribution in [1.82, 2.24) is 9.80 Å². The Bertz CT molecular complexity index is 1040. The van der Waals surface area contributed by atoms with Gasteiger partial charge in [-0.25, -0.2) is 4.39 Å². The Morgan fingerprint density at radius 2 is 1.70 bits per heavy atom. The van der Waals surface area contributed by atoms with Crippen molar-refractivity contribution in [2.75, 3.05) is 26.8 Å². The molecule has 0 saturated heterocycles. The van der Waals surface area contributed by atoms with E-state index >= 15 is 0 Å². The van der Waals surface area contributed by atoms with E-state index in [0.29, 0.717) is 38.2 Å². The molecule has 0 radical (unpaired) electrons. The molecule has 5 nitrogen and oxygen atoms in total. The number of hydrogen-bond donors (Lipinski definition) is 0. The van der Waals surface area contributed by atoms with Gasteiger partial charge in [-0.05, 0) is 60.2 Å². The van der Waals surface area contributed by atoms with Crippen LogP contribution in [-0.2, 0) is 22.6 Å². The Morgan fingerprint density at radius 1 is 0.970 bits per heavy atom. The molecule has 0 saturated carbocycles. The molecule has 0 spiro atoms. The van der Waals surface area contributed by atoms with Gasteiger partial charge in [-0.2, -0.15) is 0 Å². The van der Waals surface area contributed by atoms with E-state index in [9.17, 15) is 14.0 Å². The lowest BCUT2D eigenvalue weighted by molar-refractivity contribution is -0.133. The first-order chi connectivity index (χ1) is 16.0. The average molecular weight is 469 g/mol. The van der Waals surface area contributed by atoms with Gasteiger partial charge in [-0.15, -0.1) is 11.3 Å². The van der Waals surface area contributed by atoms with Crippen LogP contribution in [-0.4, -0.2) is 48.4 Å². The van der Waals surface area contributed by atoms with Crippen molar-refractivity contribution in [3.8, 4) is 0 Å². The number of ether oxygens (including phenoxy) is 1. The van der Waals surface area contributed by atoms with Crippen molar-refractivity contribution >= 4 is 23.2 Å². The lowest BCUT2D eigenvalue weighted by Gasteiger charge is -2.28. The smallest absolute Gasteiger partial charge is 0.254 e. The van der Waals surface area contributed by atoms with Crippen molar-refractivity contribution in [2.24, 2.45) is 0 Å². The molecule has 0 N–H and O–H groups in total. The highest BCUT2D eigenvalue weighted by Gasteiger charge is 2.23. The number of benzene rings is 2. The molecule has 0 atom stereocenters. The van der Waals surface area contributed by atoms with E-state index in [1.54, 1.807) is 52.5 Å². The van der Waals surface area contributed by atoms with Crippen molar-refractivity contribution in [3.63, 3.8) is 0 Å². The largest absolute Gasteiger partial charge is 0.385 e. The lowest BCUT2D eigenvalue weighted by atomic mass is 10.1. The summed E-state index contributed by atoms with van der Waals surface area (Å²) in [6.45, 7) is 3.66. The number of methoxy groups -OCH3 is 1. The van der Waals surface area contributed by atoms with Gasteiger partial charge >= 0.3 is 0 Å². The molecule has 0 aliphatic carbocycles. The number of amides is 2. The van der Waals surface area contributed by atoms with E-state index in [2.05, 4.69) is 0 Å². The third-order valence-electron chi connectivity index (χ3n) is 5.35. The van der Waals surface area contributed by atoms with E-state index in [4.69, 9.17) is 4.74 Å². The minimum atomic E-state index is -0.316. The van der Waals surface area contributed by atoms with Crippen LogP contribution >= 0.6 is 11.3 Å². The first kappa shape index (κ1) is 24.6. The summed E-state index contributed by atoms with van der Waals surface area (Å²) < 4.78 is 18.5. The molecule has 2 aromatic carbocycles. The molecule has 7 heteroatoms. The predicted octanol–water partition coefficient (Wildman–Crippen LogP) is 4.90. The summed E-state index contributed by atoms with van der Waals surface area (Å²) in [5, 5.41) is 2.00. The zero-order chi connectivity index (χ0) is 23.6. The Balaban J connectivity index is 1.80. The van der Waals surface area contributed by atoms with E-state index in [1.807, 2.05) is 36.6 Å². The molecule has 0 aliphatic rings. The Morgan fingerprint density at radius 3 is 2.33 bits per heavy atom. The molecule has 0 fully saturated rings. The maximum Gasteiger partial charge on any atom is 0.254 e. The second kappa shape index (κ2) is 12.3. The van der Waals surface area contributed by atoms with Crippen LogP contribution in [0.3, 0.4) is 0 Å². The molecular formula is C26H29FN2O3S. The lowest BCUT2D eigenvalue weighted by Crippen LogP contribution is -2.43. The molecule has 0 aliphatic heterocycles. The van der Waals surface area contributed by atoms with Crippen molar-refractivity contribution in [1.29, 1.82) is 0 Å². The van der Waals surface area contributed by atoms with Crippen LogP contribution in [0.1, 0.15) is 32.8 Å². The highest BCUT2D eigenvalue weighted by molar-refractivity contribution is 7.10. The van der Waals surface area contributed by atoms with Crippen molar-refractivity contribution < 1.29 is 18.7 Å². The summed E-state index contributed by atoms with van der Waals surface area (Å²) in [6.07, 6.45) is 0.629. The minimum Gasteiger partial charge on any atom is -0.385 e. The van der Waals surface area contributed by atoms with Crippen LogP contribution in [0, 0.1) is 12.7 Å².